The van der Waals surface area contributed by atoms with Crippen LogP contribution in [0, 0.1) is 0 Å². The Kier molecular flexibility index (Phi) is 6.37. The van der Waals surface area contributed by atoms with Gasteiger partial charge in [-0.1, -0.05) is 12.1 Å². The molecule has 2 rings (SSSR count). The Morgan fingerprint density at radius 3 is 2.35 bits per heavy atom. The van der Waals surface area contributed by atoms with Gasteiger partial charge in [0.15, 0.2) is 6.61 Å². The van der Waals surface area contributed by atoms with E-state index in [9.17, 15) is 26.7 Å². The van der Waals surface area contributed by atoms with E-state index in [1.807, 2.05) is 0 Å². The fourth-order valence-electron chi connectivity index (χ4n) is 1.98. The molecule has 4 nitrogen and oxygen atoms in total. The number of halogens is 5. The summed E-state index contributed by atoms with van der Waals surface area (Å²) in [7, 11) is 0. The first-order chi connectivity index (χ1) is 12.2. The summed E-state index contributed by atoms with van der Waals surface area (Å²) in [6.07, 6.45) is -4.45. The third-order valence-corrected chi connectivity index (χ3v) is 3.10. The lowest BCUT2D eigenvalue weighted by Gasteiger charge is -2.10. The maximum Gasteiger partial charge on any atom is 0.422 e. The predicted molar refractivity (Wildman–Crippen MR) is 82.2 cm³/mol. The molecule has 140 valence electrons. The summed E-state index contributed by atoms with van der Waals surface area (Å²) in [6, 6.07) is 11.0. The van der Waals surface area contributed by atoms with Crippen LogP contribution in [-0.4, -0.2) is 25.3 Å². The molecule has 0 saturated heterocycles. The molecule has 1 amide bonds. The van der Waals surface area contributed by atoms with Crippen LogP contribution >= 0.6 is 0 Å². The van der Waals surface area contributed by atoms with Crippen LogP contribution in [0.4, 0.5) is 22.0 Å². The lowest BCUT2D eigenvalue weighted by molar-refractivity contribution is -0.153. The molecule has 0 unspecified atom stereocenters. The highest BCUT2D eigenvalue weighted by atomic mass is 19.4. The van der Waals surface area contributed by atoms with Gasteiger partial charge in [-0.25, -0.2) is 0 Å². The van der Waals surface area contributed by atoms with Crippen molar-refractivity contribution in [3.63, 3.8) is 0 Å². The van der Waals surface area contributed by atoms with E-state index in [1.54, 1.807) is 6.07 Å². The fraction of sp³-hybridized carbons (Fsp3) is 0.235. The van der Waals surface area contributed by atoms with Crippen molar-refractivity contribution in [2.75, 3.05) is 6.61 Å². The Labute approximate surface area is 145 Å². The maximum absolute atomic E-state index is 12.2. The Balaban J connectivity index is 1.90. The van der Waals surface area contributed by atoms with Crippen molar-refractivity contribution >= 4 is 5.91 Å². The first-order valence-corrected chi connectivity index (χ1v) is 7.34. The van der Waals surface area contributed by atoms with Crippen LogP contribution < -0.4 is 14.8 Å². The second-order valence-electron chi connectivity index (χ2n) is 5.14. The number of amides is 1. The molecular weight excluding hydrogens is 361 g/mol. The third-order valence-electron chi connectivity index (χ3n) is 3.10. The van der Waals surface area contributed by atoms with Crippen LogP contribution in [0.15, 0.2) is 48.5 Å². The van der Waals surface area contributed by atoms with Crippen LogP contribution in [0.2, 0.25) is 0 Å². The Morgan fingerprint density at radius 1 is 1.04 bits per heavy atom. The molecule has 26 heavy (non-hydrogen) atoms. The third kappa shape index (κ3) is 6.58. The van der Waals surface area contributed by atoms with E-state index in [4.69, 9.17) is 0 Å². The molecule has 0 radical (unpaired) electrons. The molecule has 0 aliphatic heterocycles. The van der Waals surface area contributed by atoms with Crippen molar-refractivity contribution in [2.45, 2.75) is 19.3 Å². The van der Waals surface area contributed by atoms with E-state index in [2.05, 4.69) is 14.8 Å². The van der Waals surface area contributed by atoms with Crippen LogP contribution in [0.5, 0.6) is 11.5 Å². The number of alkyl halides is 5. The Morgan fingerprint density at radius 2 is 1.73 bits per heavy atom. The first-order valence-electron chi connectivity index (χ1n) is 7.34. The number of nitrogens with one attached hydrogen (secondary N) is 1. The maximum atomic E-state index is 12.2. The van der Waals surface area contributed by atoms with E-state index in [1.165, 1.54) is 42.5 Å². The molecule has 2 aromatic rings. The molecule has 0 heterocycles. The smallest absolute Gasteiger partial charge is 0.422 e. The number of carbonyl (C=O) groups is 1. The fourth-order valence-corrected chi connectivity index (χ4v) is 1.98. The van der Waals surface area contributed by atoms with Gasteiger partial charge < -0.3 is 14.8 Å². The van der Waals surface area contributed by atoms with E-state index in [-0.39, 0.29) is 23.6 Å². The summed E-state index contributed by atoms with van der Waals surface area (Å²) in [5, 5.41) is 2.57. The monoisotopic (exact) mass is 375 g/mol. The molecule has 0 bridgehead atoms. The second-order valence-corrected chi connectivity index (χ2v) is 5.14. The minimum Gasteiger partial charge on any atom is -0.484 e. The molecule has 0 aliphatic carbocycles. The van der Waals surface area contributed by atoms with Crippen molar-refractivity contribution < 1.29 is 36.2 Å². The van der Waals surface area contributed by atoms with Gasteiger partial charge in [0.25, 0.3) is 5.91 Å². The first kappa shape index (κ1) is 19.5. The van der Waals surface area contributed by atoms with Crippen molar-refractivity contribution in [2.24, 2.45) is 0 Å². The van der Waals surface area contributed by atoms with Crippen LogP contribution in [0.3, 0.4) is 0 Å². The standard InChI is InChI=1S/C17H14F5NO3/c18-16(19)26-14-3-1-2-11(8-14)9-23-15(24)12-4-6-13(7-5-12)25-10-17(20,21)22/h1-8,16H,9-10H2,(H,23,24). The molecular formula is C17H14F5NO3. The minimum atomic E-state index is -4.45. The van der Waals surface area contributed by atoms with Crippen molar-refractivity contribution in [1.82, 2.24) is 5.32 Å². The summed E-state index contributed by atoms with van der Waals surface area (Å²) < 4.78 is 69.4. The van der Waals surface area contributed by atoms with E-state index >= 15 is 0 Å². The van der Waals surface area contributed by atoms with Gasteiger partial charge in [0.2, 0.25) is 0 Å². The number of hydrogen-bond acceptors (Lipinski definition) is 3. The average molecular weight is 375 g/mol. The van der Waals surface area contributed by atoms with Gasteiger partial charge in [-0.15, -0.1) is 0 Å². The topological polar surface area (TPSA) is 47.6 Å². The number of rotatable bonds is 7. The normalized spacial score (nSPS) is 11.3. The molecule has 1 N–H and O–H groups in total. The van der Waals surface area contributed by atoms with Crippen LogP contribution in [0.25, 0.3) is 0 Å². The van der Waals surface area contributed by atoms with Crippen LogP contribution in [0.1, 0.15) is 15.9 Å². The van der Waals surface area contributed by atoms with Gasteiger partial charge in [0.05, 0.1) is 0 Å². The van der Waals surface area contributed by atoms with Crippen molar-refractivity contribution in [1.29, 1.82) is 0 Å². The molecule has 0 aromatic heterocycles. The van der Waals surface area contributed by atoms with Gasteiger partial charge >= 0.3 is 12.8 Å². The lowest BCUT2D eigenvalue weighted by atomic mass is 10.2. The Bertz CT molecular complexity index is 732. The zero-order valence-corrected chi connectivity index (χ0v) is 13.2. The molecule has 9 heteroatoms. The summed E-state index contributed by atoms with van der Waals surface area (Å²) >= 11 is 0. The van der Waals surface area contributed by atoms with Crippen molar-refractivity contribution in [3.8, 4) is 11.5 Å². The van der Waals surface area contributed by atoms with Crippen LogP contribution in [-0.2, 0) is 6.54 Å². The Hall–Kier alpha value is -2.84. The van der Waals surface area contributed by atoms with E-state index in [0.717, 1.165) is 0 Å². The van der Waals surface area contributed by atoms with E-state index in [0.29, 0.717) is 5.56 Å². The van der Waals surface area contributed by atoms with Gasteiger partial charge in [0, 0.05) is 12.1 Å². The number of benzene rings is 2. The summed E-state index contributed by atoms with van der Waals surface area (Å²) in [5.74, 6) is -0.527. The SMILES string of the molecule is O=C(NCc1cccc(OC(F)F)c1)c1ccc(OCC(F)(F)F)cc1. The highest BCUT2D eigenvalue weighted by Crippen LogP contribution is 2.19. The molecule has 0 fully saturated rings. The summed E-state index contributed by atoms with van der Waals surface area (Å²) in [5.41, 5.74) is 0.756. The zero-order valence-electron chi connectivity index (χ0n) is 13.2. The average Bonchev–Trinajstić information content (AvgIpc) is 2.57. The predicted octanol–water partition coefficient (Wildman–Crippen LogP) is 4.16. The minimum absolute atomic E-state index is 0.0178. The molecule has 0 aliphatic rings. The number of ether oxygens (including phenoxy) is 2. The molecule has 0 saturated carbocycles. The lowest BCUT2D eigenvalue weighted by Crippen LogP contribution is -2.23. The van der Waals surface area contributed by atoms with Gasteiger partial charge in [-0.05, 0) is 42.0 Å². The largest absolute Gasteiger partial charge is 0.484 e. The van der Waals surface area contributed by atoms with E-state index < -0.39 is 25.3 Å². The summed E-state index contributed by atoms with van der Waals surface area (Å²) in [4.78, 5) is 12.0. The number of carbonyl (C=O) groups excluding carboxylic acids is 1. The second kappa shape index (κ2) is 8.50. The quantitative estimate of drug-likeness (QED) is 0.740. The molecule has 2 aromatic carbocycles. The number of hydrogen-bond donors (Lipinski definition) is 1. The highest BCUT2D eigenvalue weighted by molar-refractivity contribution is 5.94. The zero-order chi connectivity index (χ0) is 19.2. The highest BCUT2D eigenvalue weighted by Gasteiger charge is 2.28. The van der Waals surface area contributed by atoms with Crippen molar-refractivity contribution in [3.05, 3.63) is 59.7 Å². The van der Waals surface area contributed by atoms with Gasteiger partial charge in [-0.2, -0.15) is 22.0 Å². The van der Waals surface area contributed by atoms with Gasteiger partial charge in [-0.3, -0.25) is 4.79 Å². The van der Waals surface area contributed by atoms with Gasteiger partial charge in [0.1, 0.15) is 11.5 Å². The molecule has 0 spiro atoms. The molecule has 0 atom stereocenters. The summed E-state index contributed by atoms with van der Waals surface area (Å²) in [6.45, 7) is -4.31.